The fourth-order valence-corrected chi connectivity index (χ4v) is 2.33. The van der Waals surface area contributed by atoms with Gasteiger partial charge in [-0.05, 0) is 0 Å². The van der Waals surface area contributed by atoms with E-state index in [1.54, 1.807) is 0 Å². The van der Waals surface area contributed by atoms with Crippen LogP contribution in [0, 0.1) is 13.8 Å². The van der Waals surface area contributed by atoms with Gasteiger partial charge in [-0.15, -0.1) is 0 Å². The van der Waals surface area contributed by atoms with Crippen LogP contribution in [-0.4, -0.2) is 25.8 Å². The Labute approximate surface area is 99.5 Å². The van der Waals surface area contributed by atoms with Crippen LogP contribution in [0.1, 0.15) is 16.9 Å². The van der Waals surface area contributed by atoms with Gasteiger partial charge in [-0.25, -0.2) is 0 Å². The fraction of sp³-hybridized carbons (Fsp3) is 0.167. The summed E-state index contributed by atoms with van der Waals surface area (Å²) < 4.78 is 7.92. The molecule has 1 aromatic heterocycles. The van der Waals surface area contributed by atoms with Crippen LogP contribution in [-0.2, 0) is 0 Å². The van der Waals surface area contributed by atoms with E-state index in [0.29, 0.717) is 0 Å². The van der Waals surface area contributed by atoms with Crippen molar-refractivity contribution in [3.8, 4) is 0 Å². The van der Waals surface area contributed by atoms with Gasteiger partial charge in [-0.2, -0.15) is 0 Å². The first-order valence-electron chi connectivity index (χ1n) is 4.60. The van der Waals surface area contributed by atoms with Gasteiger partial charge in [-0.1, -0.05) is 0 Å². The molecule has 0 atom stereocenters. The number of hydrogen-bond donors (Lipinski definition) is 0. The van der Waals surface area contributed by atoms with Crippen molar-refractivity contribution >= 4 is 42.8 Å². The van der Waals surface area contributed by atoms with E-state index in [-0.39, 0.29) is 0 Å². The van der Waals surface area contributed by atoms with E-state index in [1.807, 2.05) is 0 Å². The molecule has 0 aliphatic carbocycles. The zero-order valence-electron chi connectivity index (χ0n) is 8.37. The third kappa shape index (κ3) is 1.65. The second kappa shape index (κ2) is 3.89. The Morgan fingerprint density at radius 2 is 1.93 bits per heavy atom. The third-order valence-corrected chi connectivity index (χ3v) is 3.13. The van der Waals surface area contributed by atoms with E-state index in [4.69, 9.17) is 4.42 Å². The Morgan fingerprint density at radius 3 is 2.57 bits per heavy atom. The molecule has 0 unspecified atom stereocenters. The van der Waals surface area contributed by atoms with Crippen LogP contribution >= 0.6 is 0 Å². The molecule has 0 bridgehead atoms. The minimum absolute atomic E-state index is 0.885. The van der Waals surface area contributed by atoms with E-state index in [9.17, 15) is 0 Å². The molecular formula is C12H11OTl. The summed E-state index contributed by atoms with van der Waals surface area (Å²) in [6, 6.07) is 6.37. The van der Waals surface area contributed by atoms with Gasteiger partial charge in [0.05, 0.1) is 0 Å². The van der Waals surface area contributed by atoms with Crippen molar-refractivity contribution in [1.82, 2.24) is 0 Å². The average molecular weight is 376 g/mol. The summed E-state index contributed by atoms with van der Waals surface area (Å²) in [7, 11) is 0. The maximum absolute atomic E-state index is 5.76. The summed E-state index contributed by atoms with van der Waals surface area (Å²) in [6.07, 6.45) is 2.06. The van der Waals surface area contributed by atoms with Gasteiger partial charge in [0.25, 0.3) is 0 Å². The van der Waals surface area contributed by atoms with Gasteiger partial charge in [0, 0.05) is 0 Å². The molecule has 2 heteroatoms. The first-order chi connectivity index (χ1) is 6.72. The molecule has 0 aliphatic heterocycles. The van der Waals surface area contributed by atoms with Crippen molar-refractivity contribution in [3.05, 3.63) is 38.7 Å². The Kier molecular flexibility index (Phi) is 2.76. The Bertz CT molecular complexity index is 455. The molecule has 1 nitrogen and oxygen atoms in total. The van der Waals surface area contributed by atoms with Gasteiger partial charge in [0.15, 0.2) is 0 Å². The van der Waals surface area contributed by atoms with Crippen LogP contribution in [0.2, 0.25) is 0 Å². The molecule has 0 radical (unpaired) electrons. The van der Waals surface area contributed by atoms with Crippen molar-refractivity contribution < 1.29 is 4.42 Å². The van der Waals surface area contributed by atoms with Crippen LogP contribution in [0.25, 0.3) is 17.0 Å². The van der Waals surface area contributed by atoms with Crippen molar-refractivity contribution in [2.75, 3.05) is 0 Å². The van der Waals surface area contributed by atoms with Crippen molar-refractivity contribution in [2.24, 2.45) is 0 Å². The molecule has 68 valence electrons. The maximum atomic E-state index is 5.76. The van der Waals surface area contributed by atoms with E-state index in [2.05, 4.69) is 41.8 Å². The Morgan fingerprint density at radius 1 is 1.21 bits per heavy atom. The molecule has 2 aromatic rings. The standard InChI is InChI=1S/C12H11O.Tl/c1-4-10-7-11-8(2)5-6-9(3)12(11)13-10;/h1,4-7H,2-3H3;. The fourth-order valence-electron chi connectivity index (χ4n) is 1.59. The number of fused-ring (bicyclic) bond motifs is 1. The number of benzene rings is 1. The van der Waals surface area contributed by atoms with E-state index >= 15 is 0 Å². The molecule has 0 spiro atoms. The molecule has 0 aliphatic rings. The quantitative estimate of drug-likeness (QED) is 0.698. The summed E-state index contributed by atoms with van der Waals surface area (Å²) in [6.45, 7) is 4.20. The summed E-state index contributed by atoms with van der Waals surface area (Å²) in [5, 5.41) is 1.24. The van der Waals surface area contributed by atoms with Gasteiger partial charge in [0.1, 0.15) is 0 Å². The van der Waals surface area contributed by atoms with E-state index in [0.717, 1.165) is 37.1 Å². The molecule has 14 heavy (non-hydrogen) atoms. The van der Waals surface area contributed by atoms with Gasteiger partial charge >= 0.3 is 99.8 Å². The summed E-state index contributed by atoms with van der Waals surface area (Å²) in [5.74, 6) is 0.972. The van der Waals surface area contributed by atoms with Crippen LogP contribution in [0.3, 0.4) is 0 Å². The second-order valence-electron chi connectivity index (χ2n) is 3.45. The summed E-state index contributed by atoms with van der Waals surface area (Å²) in [5.41, 5.74) is 3.52. The number of aryl methyl sites for hydroxylation is 2. The summed E-state index contributed by atoms with van der Waals surface area (Å²) in [4.78, 5) is 0. The average Bonchev–Trinajstić information content (AvgIpc) is 2.57. The SMILES string of the molecule is Cc1ccc(C)c2oc(/C=[CH]/[Tl])cc12. The minimum atomic E-state index is 0.885. The monoisotopic (exact) mass is 376 g/mol. The number of hydrogen-bond acceptors (Lipinski definition) is 1. The van der Waals surface area contributed by atoms with E-state index in [1.165, 1.54) is 16.5 Å². The van der Waals surface area contributed by atoms with E-state index < -0.39 is 0 Å². The van der Waals surface area contributed by atoms with Gasteiger partial charge < -0.3 is 0 Å². The Hall–Kier alpha value is -0.578. The molecule has 0 amide bonds. The third-order valence-electron chi connectivity index (χ3n) is 2.38. The molecule has 0 fully saturated rings. The van der Waals surface area contributed by atoms with Crippen LogP contribution < -0.4 is 0 Å². The summed E-state index contributed by atoms with van der Waals surface area (Å²) >= 11 is 0.885. The van der Waals surface area contributed by atoms with Crippen molar-refractivity contribution in [1.29, 1.82) is 0 Å². The molecular weight excluding hydrogens is 365 g/mol. The zero-order chi connectivity index (χ0) is 10.1. The molecule has 2 rings (SSSR count). The van der Waals surface area contributed by atoms with Crippen LogP contribution in [0.15, 0.2) is 26.3 Å². The number of rotatable bonds is 1. The van der Waals surface area contributed by atoms with Crippen LogP contribution in [0.4, 0.5) is 0 Å². The first kappa shape index (κ1) is 9.96. The Balaban J connectivity index is 2.75. The van der Waals surface area contributed by atoms with Crippen molar-refractivity contribution in [3.63, 3.8) is 0 Å². The number of furan rings is 1. The molecule has 1 heterocycles. The van der Waals surface area contributed by atoms with Gasteiger partial charge in [0.2, 0.25) is 0 Å². The second-order valence-corrected chi connectivity index (χ2v) is 4.95. The molecule has 0 saturated heterocycles. The first-order valence-corrected chi connectivity index (χ1v) is 7.19. The normalized spacial score (nSPS) is 11.5. The zero-order valence-corrected chi connectivity index (χ0v) is 12.9. The molecule has 0 saturated carbocycles. The predicted octanol–water partition coefficient (Wildman–Crippen LogP) is 3.19. The topological polar surface area (TPSA) is 13.1 Å². The van der Waals surface area contributed by atoms with Crippen LogP contribution in [0.5, 0.6) is 0 Å². The van der Waals surface area contributed by atoms with Crippen molar-refractivity contribution in [2.45, 2.75) is 13.8 Å². The van der Waals surface area contributed by atoms with Gasteiger partial charge in [-0.3, -0.25) is 0 Å². The predicted molar refractivity (Wildman–Crippen MR) is 60.5 cm³/mol. The molecule has 1 aromatic carbocycles. The molecule has 0 N–H and O–H groups in total.